The van der Waals surface area contributed by atoms with Gasteiger partial charge in [-0.3, -0.25) is 4.79 Å². The van der Waals surface area contributed by atoms with Gasteiger partial charge in [0.05, 0.1) is 6.10 Å². The van der Waals surface area contributed by atoms with Gasteiger partial charge < -0.3 is 10.5 Å². The third-order valence-electron chi connectivity index (χ3n) is 2.45. The zero-order valence-corrected chi connectivity index (χ0v) is 11.7. The lowest BCUT2D eigenvalue weighted by atomic mass is 10.1. The second-order valence-corrected chi connectivity index (χ2v) is 5.29. The van der Waals surface area contributed by atoms with Crippen molar-refractivity contribution >= 4 is 17.1 Å². The maximum atomic E-state index is 12.2. The number of carbonyl (C=O) groups excluding carboxylic acids is 1. The largest absolute Gasteiger partial charge is 0.491 e. The summed E-state index contributed by atoms with van der Waals surface area (Å²) >= 11 is 1.40. The van der Waals surface area contributed by atoms with Crippen molar-refractivity contribution in [2.45, 2.75) is 26.5 Å². The summed E-state index contributed by atoms with van der Waals surface area (Å²) in [5, 5.41) is 2.51. The molecular formula is C14H16N2O2S. The molecule has 0 saturated heterocycles. The molecule has 0 aliphatic carbocycles. The van der Waals surface area contributed by atoms with Crippen LogP contribution in [0.4, 0.5) is 0 Å². The number of rotatable bonds is 5. The van der Waals surface area contributed by atoms with E-state index in [0.717, 1.165) is 10.8 Å². The first kappa shape index (κ1) is 13.7. The molecule has 4 nitrogen and oxygen atoms in total. The highest BCUT2D eigenvalue weighted by Gasteiger charge is 2.13. The van der Waals surface area contributed by atoms with Crippen LogP contribution in [0.5, 0.6) is 5.75 Å². The Labute approximate surface area is 116 Å². The zero-order valence-electron chi connectivity index (χ0n) is 10.9. The monoisotopic (exact) mass is 276 g/mol. The van der Waals surface area contributed by atoms with E-state index in [4.69, 9.17) is 10.5 Å². The Morgan fingerprint density at radius 3 is 2.58 bits per heavy atom. The van der Waals surface area contributed by atoms with Gasteiger partial charge >= 0.3 is 0 Å². The van der Waals surface area contributed by atoms with E-state index in [0.29, 0.717) is 17.8 Å². The van der Waals surface area contributed by atoms with Gasteiger partial charge in [0.25, 0.3) is 0 Å². The van der Waals surface area contributed by atoms with Gasteiger partial charge in [0.1, 0.15) is 16.5 Å². The minimum absolute atomic E-state index is 0.0907. The Hall–Kier alpha value is -1.72. The van der Waals surface area contributed by atoms with Gasteiger partial charge in [-0.25, -0.2) is 4.98 Å². The van der Waals surface area contributed by atoms with Crippen LogP contribution in [0.1, 0.15) is 34.9 Å². The van der Waals surface area contributed by atoms with Gasteiger partial charge in [0.2, 0.25) is 5.78 Å². The van der Waals surface area contributed by atoms with Gasteiger partial charge in [-0.15, -0.1) is 11.3 Å². The van der Waals surface area contributed by atoms with Crippen molar-refractivity contribution < 1.29 is 9.53 Å². The molecule has 2 N–H and O–H groups in total. The van der Waals surface area contributed by atoms with Crippen molar-refractivity contribution in [1.82, 2.24) is 4.98 Å². The first-order valence-electron chi connectivity index (χ1n) is 6.06. The summed E-state index contributed by atoms with van der Waals surface area (Å²) in [6.45, 7) is 4.28. The van der Waals surface area contributed by atoms with Crippen LogP contribution in [0, 0.1) is 0 Å². The lowest BCUT2D eigenvalue weighted by molar-refractivity contribution is 0.103. The highest BCUT2D eigenvalue weighted by Crippen LogP contribution is 2.17. The molecule has 0 unspecified atom stereocenters. The summed E-state index contributed by atoms with van der Waals surface area (Å²) in [7, 11) is 0. The Kier molecular flexibility index (Phi) is 4.29. The molecule has 1 aromatic carbocycles. The fourth-order valence-corrected chi connectivity index (χ4v) is 2.27. The lowest BCUT2D eigenvalue weighted by Crippen LogP contribution is -2.06. The van der Waals surface area contributed by atoms with Crippen LogP contribution in [-0.2, 0) is 6.54 Å². The first-order chi connectivity index (χ1) is 9.10. The van der Waals surface area contributed by atoms with E-state index in [1.54, 1.807) is 29.6 Å². The molecule has 19 heavy (non-hydrogen) atoms. The predicted octanol–water partition coefficient (Wildman–Crippen LogP) is 2.62. The van der Waals surface area contributed by atoms with Crippen LogP contribution < -0.4 is 10.5 Å². The summed E-state index contributed by atoms with van der Waals surface area (Å²) < 4.78 is 5.53. The molecule has 0 aliphatic heterocycles. The van der Waals surface area contributed by atoms with E-state index in [1.165, 1.54) is 11.3 Å². The molecule has 0 fully saturated rings. The zero-order chi connectivity index (χ0) is 13.8. The van der Waals surface area contributed by atoms with Gasteiger partial charge in [-0.2, -0.15) is 0 Å². The third kappa shape index (κ3) is 3.39. The van der Waals surface area contributed by atoms with Crippen molar-refractivity contribution in [3.05, 3.63) is 45.9 Å². The van der Waals surface area contributed by atoms with Crippen molar-refractivity contribution in [3.8, 4) is 5.75 Å². The number of hydrogen-bond donors (Lipinski definition) is 1. The number of benzene rings is 1. The van der Waals surface area contributed by atoms with E-state index in [9.17, 15) is 4.79 Å². The van der Waals surface area contributed by atoms with E-state index in [-0.39, 0.29) is 11.9 Å². The number of ketones is 1. The van der Waals surface area contributed by atoms with Crippen molar-refractivity contribution in [1.29, 1.82) is 0 Å². The van der Waals surface area contributed by atoms with Crippen LogP contribution >= 0.6 is 11.3 Å². The second kappa shape index (κ2) is 5.95. The second-order valence-electron chi connectivity index (χ2n) is 4.35. The summed E-state index contributed by atoms with van der Waals surface area (Å²) in [6.07, 6.45) is 0.118. The summed E-state index contributed by atoms with van der Waals surface area (Å²) in [5.41, 5.74) is 6.54. The van der Waals surface area contributed by atoms with Gasteiger partial charge in [0.15, 0.2) is 0 Å². The number of nitrogens with zero attached hydrogens (tertiary/aromatic N) is 1. The molecule has 0 aliphatic rings. The van der Waals surface area contributed by atoms with Gasteiger partial charge in [0, 0.05) is 17.5 Å². The molecule has 0 spiro atoms. The Bertz CT molecular complexity index is 561. The van der Waals surface area contributed by atoms with E-state index in [2.05, 4.69) is 4.98 Å². The molecule has 5 heteroatoms. The van der Waals surface area contributed by atoms with Gasteiger partial charge in [-0.1, -0.05) is 0 Å². The summed E-state index contributed by atoms with van der Waals surface area (Å²) in [4.78, 5) is 16.4. The van der Waals surface area contributed by atoms with E-state index in [1.807, 2.05) is 13.8 Å². The SMILES string of the molecule is CC(C)Oc1ccc(C(=O)c2csc(CN)n2)cc1. The average Bonchev–Trinajstić information content (AvgIpc) is 2.87. The topological polar surface area (TPSA) is 65.2 Å². The molecule has 0 bridgehead atoms. The minimum Gasteiger partial charge on any atom is -0.491 e. The van der Waals surface area contributed by atoms with Crippen LogP contribution in [0.15, 0.2) is 29.6 Å². The lowest BCUT2D eigenvalue weighted by Gasteiger charge is -2.09. The van der Waals surface area contributed by atoms with Crippen molar-refractivity contribution in [2.75, 3.05) is 0 Å². The Morgan fingerprint density at radius 2 is 2.05 bits per heavy atom. The Balaban J connectivity index is 2.15. The van der Waals surface area contributed by atoms with Crippen LogP contribution in [0.25, 0.3) is 0 Å². The number of nitrogens with two attached hydrogens (primary N) is 1. The predicted molar refractivity (Wildman–Crippen MR) is 75.6 cm³/mol. The minimum atomic E-state index is -0.0907. The molecule has 0 atom stereocenters. The maximum Gasteiger partial charge on any atom is 0.212 e. The quantitative estimate of drug-likeness (QED) is 0.853. The van der Waals surface area contributed by atoms with Crippen molar-refractivity contribution in [2.24, 2.45) is 5.73 Å². The first-order valence-corrected chi connectivity index (χ1v) is 6.94. The normalized spacial score (nSPS) is 10.7. The smallest absolute Gasteiger partial charge is 0.212 e. The molecule has 1 aromatic heterocycles. The summed E-state index contributed by atoms with van der Waals surface area (Å²) in [6, 6.07) is 7.09. The third-order valence-corrected chi connectivity index (χ3v) is 3.32. The highest BCUT2D eigenvalue weighted by molar-refractivity contribution is 7.09. The number of hydrogen-bond acceptors (Lipinski definition) is 5. The maximum absolute atomic E-state index is 12.2. The van der Waals surface area contributed by atoms with Gasteiger partial charge in [-0.05, 0) is 38.1 Å². The molecule has 2 aromatic rings. The van der Waals surface area contributed by atoms with Crippen LogP contribution in [0.3, 0.4) is 0 Å². The Morgan fingerprint density at radius 1 is 1.37 bits per heavy atom. The fraction of sp³-hybridized carbons (Fsp3) is 0.286. The van der Waals surface area contributed by atoms with E-state index >= 15 is 0 Å². The molecule has 1 heterocycles. The molecular weight excluding hydrogens is 260 g/mol. The number of thiazole rings is 1. The molecule has 0 radical (unpaired) electrons. The number of ether oxygens (including phenoxy) is 1. The number of aromatic nitrogens is 1. The average molecular weight is 276 g/mol. The summed E-state index contributed by atoms with van der Waals surface area (Å²) in [5.74, 6) is 0.666. The van der Waals surface area contributed by atoms with Crippen molar-refractivity contribution in [3.63, 3.8) is 0 Å². The fourth-order valence-electron chi connectivity index (χ4n) is 1.61. The highest BCUT2D eigenvalue weighted by atomic mass is 32.1. The van der Waals surface area contributed by atoms with E-state index < -0.39 is 0 Å². The standard InChI is InChI=1S/C14H16N2O2S/c1-9(2)18-11-5-3-10(4-6-11)14(17)12-8-19-13(7-15)16-12/h3-6,8-9H,7,15H2,1-2H3. The van der Waals surface area contributed by atoms with Crippen LogP contribution in [-0.4, -0.2) is 16.9 Å². The number of carbonyl (C=O) groups is 1. The molecule has 0 amide bonds. The molecule has 2 rings (SSSR count). The van der Waals surface area contributed by atoms with Crippen LogP contribution in [0.2, 0.25) is 0 Å². The molecule has 0 saturated carbocycles. The molecule has 100 valence electrons.